The summed E-state index contributed by atoms with van der Waals surface area (Å²) in [5, 5.41) is 14.3. The second-order valence-electron chi connectivity index (χ2n) is 4.38. The molecule has 0 bridgehead atoms. The van der Waals surface area contributed by atoms with Gasteiger partial charge in [0, 0.05) is 7.11 Å². The maximum Gasteiger partial charge on any atom is 0.335 e. The Morgan fingerprint density at radius 2 is 2.05 bits per heavy atom. The van der Waals surface area contributed by atoms with Gasteiger partial charge in [0.1, 0.15) is 5.75 Å². The number of methoxy groups -OCH3 is 2. The second-order valence-corrected chi connectivity index (χ2v) is 4.38. The number of benzene rings is 1. The summed E-state index contributed by atoms with van der Waals surface area (Å²) in [6.45, 7) is 2.33. The van der Waals surface area contributed by atoms with Crippen LogP contribution >= 0.6 is 0 Å². The van der Waals surface area contributed by atoms with Crippen LogP contribution in [0.15, 0.2) is 18.2 Å². The van der Waals surface area contributed by atoms with Crippen LogP contribution in [0.5, 0.6) is 5.75 Å². The summed E-state index contributed by atoms with van der Waals surface area (Å²) < 4.78 is 10.1. The second kappa shape index (κ2) is 8.11. The zero-order valence-electron chi connectivity index (χ0n) is 12.3. The van der Waals surface area contributed by atoms with Crippen LogP contribution in [0.25, 0.3) is 0 Å². The summed E-state index contributed by atoms with van der Waals surface area (Å²) >= 11 is 0. The fraction of sp³-hybridized carbons (Fsp3) is 0.429. The van der Waals surface area contributed by atoms with Gasteiger partial charge >= 0.3 is 12.0 Å². The summed E-state index contributed by atoms with van der Waals surface area (Å²) in [5.74, 6) is -0.693. The quantitative estimate of drug-likeness (QED) is 0.714. The van der Waals surface area contributed by atoms with Gasteiger partial charge in [-0.1, -0.05) is 6.92 Å². The van der Waals surface area contributed by atoms with E-state index in [9.17, 15) is 9.59 Å². The molecule has 1 rings (SSSR count). The molecule has 116 valence electrons. The Kier molecular flexibility index (Phi) is 6.48. The number of carboxylic acid groups (broad SMARTS) is 1. The molecule has 7 heteroatoms. The molecule has 0 aliphatic rings. The monoisotopic (exact) mass is 296 g/mol. The number of anilines is 1. The number of carbonyl (C=O) groups is 2. The average Bonchev–Trinajstić information content (AvgIpc) is 2.46. The Labute approximate surface area is 123 Å². The lowest BCUT2D eigenvalue weighted by Crippen LogP contribution is -2.40. The summed E-state index contributed by atoms with van der Waals surface area (Å²) in [6, 6.07) is 3.68. The molecule has 2 amide bonds. The van der Waals surface area contributed by atoms with E-state index in [-0.39, 0.29) is 11.6 Å². The summed E-state index contributed by atoms with van der Waals surface area (Å²) in [5.41, 5.74) is 0.359. The van der Waals surface area contributed by atoms with Gasteiger partial charge in [0.05, 0.1) is 31.0 Å². The number of urea groups is 1. The predicted molar refractivity (Wildman–Crippen MR) is 78.1 cm³/mol. The maximum absolute atomic E-state index is 11.9. The molecule has 0 saturated heterocycles. The standard InChI is InChI=1S/C14H20N2O5/c1-4-10(8-20-2)15-14(19)16-11-7-9(13(17)18)5-6-12(11)21-3/h5-7,10H,4,8H2,1-3H3,(H,17,18)(H2,15,16,19). The van der Waals surface area contributed by atoms with E-state index in [1.54, 1.807) is 7.11 Å². The Morgan fingerprint density at radius 3 is 2.57 bits per heavy atom. The number of aromatic carboxylic acids is 1. The lowest BCUT2D eigenvalue weighted by atomic mass is 10.2. The molecular formula is C14H20N2O5. The van der Waals surface area contributed by atoms with Gasteiger partial charge in [-0.2, -0.15) is 0 Å². The Hall–Kier alpha value is -2.28. The molecule has 1 atom stereocenters. The summed E-state index contributed by atoms with van der Waals surface area (Å²) in [6.07, 6.45) is 0.716. The molecule has 0 aromatic heterocycles. The van der Waals surface area contributed by atoms with Crippen molar-refractivity contribution in [2.24, 2.45) is 0 Å². The number of hydrogen-bond donors (Lipinski definition) is 3. The third-order valence-corrected chi connectivity index (χ3v) is 2.89. The van der Waals surface area contributed by atoms with Gasteiger partial charge in [-0.15, -0.1) is 0 Å². The van der Waals surface area contributed by atoms with Crippen LogP contribution in [-0.4, -0.2) is 44.0 Å². The third-order valence-electron chi connectivity index (χ3n) is 2.89. The van der Waals surface area contributed by atoms with Gasteiger partial charge in [0.25, 0.3) is 0 Å². The van der Waals surface area contributed by atoms with E-state index in [1.165, 1.54) is 25.3 Å². The molecule has 0 aliphatic carbocycles. The summed E-state index contributed by atoms with van der Waals surface area (Å²) in [4.78, 5) is 22.9. The number of carbonyl (C=O) groups excluding carboxylic acids is 1. The van der Waals surface area contributed by atoms with Gasteiger partial charge in [-0.3, -0.25) is 0 Å². The van der Waals surface area contributed by atoms with Crippen LogP contribution in [0.3, 0.4) is 0 Å². The van der Waals surface area contributed by atoms with E-state index in [4.69, 9.17) is 14.6 Å². The van der Waals surface area contributed by atoms with Gasteiger partial charge in [-0.05, 0) is 24.6 Å². The van der Waals surface area contributed by atoms with Gasteiger partial charge in [0.2, 0.25) is 0 Å². The van der Waals surface area contributed by atoms with Crippen LogP contribution in [0.4, 0.5) is 10.5 Å². The number of amides is 2. The van der Waals surface area contributed by atoms with Crippen LogP contribution in [0.2, 0.25) is 0 Å². The molecule has 1 aromatic carbocycles. The summed E-state index contributed by atoms with van der Waals surface area (Å²) in [7, 11) is 3.00. The first-order valence-corrected chi connectivity index (χ1v) is 6.49. The predicted octanol–water partition coefficient (Wildman–Crippen LogP) is 1.94. The minimum Gasteiger partial charge on any atom is -0.495 e. The molecule has 0 saturated carbocycles. The first-order chi connectivity index (χ1) is 10.0. The van der Waals surface area contributed by atoms with E-state index in [1.807, 2.05) is 6.92 Å². The third kappa shape index (κ3) is 4.96. The lowest BCUT2D eigenvalue weighted by Gasteiger charge is -2.17. The highest BCUT2D eigenvalue weighted by Gasteiger charge is 2.14. The van der Waals surface area contributed by atoms with Crippen molar-refractivity contribution in [3.05, 3.63) is 23.8 Å². The van der Waals surface area contributed by atoms with Crippen molar-refractivity contribution in [1.29, 1.82) is 0 Å². The number of ether oxygens (including phenoxy) is 2. The normalized spacial score (nSPS) is 11.6. The molecule has 0 heterocycles. The highest BCUT2D eigenvalue weighted by atomic mass is 16.5. The lowest BCUT2D eigenvalue weighted by molar-refractivity contribution is 0.0697. The largest absolute Gasteiger partial charge is 0.495 e. The fourth-order valence-electron chi connectivity index (χ4n) is 1.75. The Bertz CT molecular complexity index is 504. The first kappa shape index (κ1) is 16.8. The van der Waals surface area contributed by atoms with Crippen molar-refractivity contribution in [1.82, 2.24) is 5.32 Å². The van der Waals surface area contributed by atoms with Crippen molar-refractivity contribution >= 4 is 17.7 Å². The van der Waals surface area contributed by atoms with Crippen molar-refractivity contribution in [3.8, 4) is 5.75 Å². The maximum atomic E-state index is 11.9. The molecule has 0 aliphatic heterocycles. The first-order valence-electron chi connectivity index (χ1n) is 6.49. The van der Waals surface area contributed by atoms with Crippen molar-refractivity contribution in [3.63, 3.8) is 0 Å². The molecule has 7 nitrogen and oxygen atoms in total. The van der Waals surface area contributed by atoms with Crippen LogP contribution in [-0.2, 0) is 4.74 Å². The molecule has 0 spiro atoms. The van der Waals surface area contributed by atoms with E-state index < -0.39 is 12.0 Å². The highest BCUT2D eigenvalue weighted by Crippen LogP contribution is 2.25. The molecule has 21 heavy (non-hydrogen) atoms. The number of rotatable bonds is 7. The van der Waals surface area contributed by atoms with Crippen molar-refractivity contribution in [2.75, 3.05) is 26.1 Å². The number of hydrogen-bond acceptors (Lipinski definition) is 4. The molecule has 0 radical (unpaired) electrons. The van der Waals surface area contributed by atoms with Crippen LogP contribution in [0.1, 0.15) is 23.7 Å². The van der Waals surface area contributed by atoms with E-state index >= 15 is 0 Å². The van der Waals surface area contributed by atoms with Gasteiger partial charge in [-0.25, -0.2) is 9.59 Å². The topological polar surface area (TPSA) is 96.9 Å². The van der Waals surface area contributed by atoms with Crippen LogP contribution < -0.4 is 15.4 Å². The van der Waals surface area contributed by atoms with Crippen molar-refractivity contribution < 1.29 is 24.2 Å². The van der Waals surface area contributed by atoms with E-state index in [2.05, 4.69) is 10.6 Å². The zero-order chi connectivity index (χ0) is 15.8. The minimum absolute atomic E-state index is 0.0648. The molecule has 3 N–H and O–H groups in total. The smallest absolute Gasteiger partial charge is 0.335 e. The number of nitrogens with one attached hydrogen (secondary N) is 2. The van der Waals surface area contributed by atoms with Crippen LogP contribution in [0, 0.1) is 0 Å². The molecule has 1 unspecified atom stereocenters. The minimum atomic E-state index is -1.08. The zero-order valence-corrected chi connectivity index (χ0v) is 12.3. The molecule has 0 fully saturated rings. The SMILES string of the molecule is CCC(COC)NC(=O)Nc1cc(C(=O)O)ccc1OC. The Balaban J connectivity index is 2.82. The number of carboxylic acids is 1. The fourth-order valence-corrected chi connectivity index (χ4v) is 1.75. The average molecular weight is 296 g/mol. The molecular weight excluding hydrogens is 276 g/mol. The highest BCUT2D eigenvalue weighted by molar-refractivity contribution is 5.94. The Morgan fingerprint density at radius 1 is 1.33 bits per heavy atom. The van der Waals surface area contributed by atoms with E-state index in [0.717, 1.165) is 0 Å². The van der Waals surface area contributed by atoms with Gasteiger partial charge < -0.3 is 25.2 Å². The molecule has 1 aromatic rings. The van der Waals surface area contributed by atoms with E-state index in [0.29, 0.717) is 24.5 Å². The van der Waals surface area contributed by atoms with Crippen molar-refractivity contribution in [2.45, 2.75) is 19.4 Å². The van der Waals surface area contributed by atoms with Gasteiger partial charge in [0.15, 0.2) is 0 Å².